The van der Waals surface area contributed by atoms with Gasteiger partial charge in [-0.3, -0.25) is 14.9 Å². The van der Waals surface area contributed by atoms with Gasteiger partial charge in [-0.25, -0.2) is 14.8 Å². The van der Waals surface area contributed by atoms with Crippen molar-refractivity contribution in [2.24, 2.45) is 0 Å². The number of ether oxygens (including phenoxy) is 2. The fourth-order valence-corrected chi connectivity index (χ4v) is 3.57. The van der Waals surface area contributed by atoms with Crippen molar-refractivity contribution >= 4 is 45.6 Å². The highest BCUT2D eigenvalue weighted by Crippen LogP contribution is 2.31. The monoisotopic (exact) mass is 463 g/mol. The Morgan fingerprint density at radius 2 is 1.85 bits per heavy atom. The number of methoxy groups -OCH3 is 1. The van der Waals surface area contributed by atoms with Gasteiger partial charge < -0.3 is 19.4 Å². The van der Waals surface area contributed by atoms with E-state index in [1.807, 2.05) is 6.07 Å². The van der Waals surface area contributed by atoms with Crippen molar-refractivity contribution in [2.45, 2.75) is 13.5 Å². The number of hydrogen-bond acceptors (Lipinski definition) is 8. The third-order valence-electron chi connectivity index (χ3n) is 5.10. The van der Waals surface area contributed by atoms with Crippen LogP contribution in [-0.4, -0.2) is 51.7 Å². The van der Waals surface area contributed by atoms with E-state index in [-0.39, 0.29) is 47.9 Å². The summed E-state index contributed by atoms with van der Waals surface area (Å²) in [6.45, 7) is 2.30. The van der Waals surface area contributed by atoms with Crippen molar-refractivity contribution in [1.29, 1.82) is 0 Å². The zero-order valence-electron chi connectivity index (χ0n) is 18.5. The number of para-hydroxylation sites is 2. The summed E-state index contributed by atoms with van der Waals surface area (Å²) < 4.78 is 12.1. The van der Waals surface area contributed by atoms with Crippen LogP contribution in [0.2, 0.25) is 0 Å². The van der Waals surface area contributed by atoms with Gasteiger partial charge in [0, 0.05) is 31.4 Å². The molecule has 34 heavy (non-hydrogen) atoms. The van der Waals surface area contributed by atoms with E-state index in [1.54, 1.807) is 29.7 Å². The van der Waals surface area contributed by atoms with Crippen LogP contribution in [0.5, 0.6) is 0 Å². The van der Waals surface area contributed by atoms with Gasteiger partial charge in [0.15, 0.2) is 5.65 Å². The number of nitrogens with one attached hydrogen (secondary N) is 1. The van der Waals surface area contributed by atoms with Gasteiger partial charge in [-0.05, 0) is 25.1 Å². The minimum atomic E-state index is -0.678. The summed E-state index contributed by atoms with van der Waals surface area (Å²) in [5.41, 5.74) is 1.69. The summed E-state index contributed by atoms with van der Waals surface area (Å²) in [5, 5.41) is 13.9. The van der Waals surface area contributed by atoms with Crippen molar-refractivity contribution in [3.63, 3.8) is 0 Å². The number of hydrogen-bond donors (Lipinski definition) is 1. The molecule has 174 valence electrons. The van der Waals surface area contributed by atoms with Crippen LogP contribution in [0.3, 0.4) is 0 Å². The first-order valence-corrected chi connectivity index (χ1v) is 10.5. The number of fused-ring (bicyclic) bond motifs is 2. The van der Waals surface area contributed by atoms with E-state index in [0.29, 0.717) is 16.7 Å². The number of non-ortho nitro benzene ring substituents is 1. The molecule has 0 unspecified atom stereocenters. The first-order chi connectivity index (χ1) is 16.4. The molecule has 4 rings (SSSR count). The molecule has 0 bridgehead atoms. The summed E-state index contributed by atoms with van der Waals surface area (Å²) >= 11 is 0. The van der Waals surface area contributed by atoms with Crippen LogP contribution in [0.15, 0.2) is 48.5 Å². The van der Waals surface area contributed by atoms with Crippen molar-refractivity contribution in [3.05, 3.63) is 69.8 Å². The summed E-state index contributed by atoms with van der Waals surface area (Å²) in [6, 6.07) is 12.5. The molecule has 0 aliphatic rings. The SMILES string of the molecule is CCOC(=O)c1c(NC(=O)c2cccc([N+](=O)[O-])c2)n(CCOC)c2nc3ccccc3nc12. The summed E-state index contributed by atoms with van der Waals surface area (Å²) in [4.78, 5) is 45.9. The zero-order valence-corrected chi connectivity index (χ0v) is 18.5. The molecule has 0 radical (unpaired) electrons. The first kappa shape index (κ1) is 22.8. The number of carbonyl (C=O) groups excluding carboxylic acids is 2. The fraction of sp³-hybridized carbons (Fsp3) is 0.217. The summed E-state index contributed by atoms with van der Waals surface area (Å²) in [5.74, 6) is -1.19. The second-order valence-electron chi connectivity index (χ2n) is 7.23. The van der Waals surface area contributed by atoms with Gasteiger partial charge in [-0.2, -0.15) is 0 Å². The molecule has 2 heterocycles. The number of nitro groups is 1. The van der Waals surface area contributed by atoms with Crippen molar-refractivity contribution in [1.82, 2.24) is 14.5 Å². The van der Waals surface area contributed by atoms with Gasteiger partial charge in [0.25, 0.3) is 11.6 Å². The third-order valence-corrected chi connectivity index (χ3v) is 5.10. The Hall–Kier alpha value is -4.38. The van der Waals surface area contributed by atoms with Gasteiger partial charge in [-0.1, -0.05) is 18.2 Å². The van der Waals surface area contributed by atoms with E-state index < -0.39 is 16.8 Å². The van der Waals surface area contributed by atoms with E-state index >= 15 is 0 Å². The number of aromatic nitrogens is 3. The van der Waals surface area contributed by atoms with Gasteiger partial charge in [0.2, 0.25) is 0 Å². The number of nitro benzene ring substituents is 1. The van der Waals surface area contributed by atoms with E-state index in [0.717, 1.165) is 6.07 Å². The Labute approximate surface area is 193 Å². The molecule has 0 atom stereocenters. The molecule has 1 N–H and O–H groups in total. The Bertz CT molecular complexity index is 1410. The maximum Gasteiger partial charge on any atom is 0.344 e. The lowest BCUT2D eigenvalue weighted by Gasteiger charge is -2.12. The Balaban J connectivity index is 1.92. The van der Waals surface area contributed by atoms with Crippen molar-refractivity contribution < 1.29 is 24.0 Å². The highest BCUT2D eigenvalue weighted by Gasteiger charge is 2.28. The average molecular weight is 463 g/mol. The van der Waals surface area contributed by atoms with E-state index in [2.05, 4.69) is 15.3 Å². The topological polar surface area (TPSA) is 138 Å². The maximum atomic E-state index is 13.1. The predicted octanol–water partition coefficient (Wildman–Crippen LogP) is 3.57. The summed E-state index contributed by atoms with van der Waals surface area (Å²) in [7, 11) is 1.53. The molecule has 0 spiro atoms. The molecule has 4 aromatic rings. The second kappa shape index (κ2) is 9.63. The lowest BCUT2D eigenvalue weighted by molar-refractivity contribution is -0.384. The van der Waals surface area contributed by atoms with Crippen molar-refractivity contribution in [3.8, 4) is 0 Å². The molecule has 0 aliphatic heterocycles. The molecule has 0 saturated heterocycles. The Morgan fingerprint density at radius 1 is 1.12 bits per heavy atom. The van der Waals surface area contributed by atoms with Crippen LogP contribution in [0.1, 0.15) is 27.6 Å². The third kappa shape index (κ3) is 4.28. The van der Waals surface area contributed by atoms with E-state index in [1.165, 1.54) is 25.3 Å². The normalized spacial score (nSPS) is 11.0. The molecule has 0 aliphatic carbocycles. The zero-order chi connectivity index (χ0) is 24.2. The lowest BCUT2D eigenvalue weighted by atomic mass is 10.2. The van der Waals surface area contributed by atoms with Crippen molar-refractivity contribution in [2.75, 3.05) is 25.6 Å². The summed E-state index contributed by atoms with van der Waals surface area (Å²) in [6.07, 6.45) is 0. The molecule has 11 nitrogen and oxygen atoms in total. The van der Waals surface area contributed by atoms with E-state index in [4.69, 9.17) is 9.47 Å². The smallest absolute Gasteiger partial charge is 0.344 e. The maximum absolute atomic E-state index is 13.1. The fourth-order valence-electron chi connectivity index (χ4n) is 3.57. The number of anilines is 1. The quantitative estimate of drug-likeness (QED) is 0.238. The van der Waals surface area contributed by atoms with E-state index in [9.17, 15) is 19.7 Å². The molecule has 2 aromatic heterocycles. The second-order valence-corrected chi connectivity index (χ2v) is 7.23. The molecule has 0 saturated carbocycles. The number of carbonyl (C=O) groups is 2. The molecule has 0 fully saturated rings. The Kier molecular flexibility index (Phi) is 6.46. The van der Waals surface area contributed by atoms with Gasteiger partial charge >= 0.3 is 5.97 Å². The molecule has 11 heteroatoms. The molecule has 1 amide bonds. The number of benzene rings is 2. The van der Waals surface area contributed by atoms with Crippen LogP contribution in [-0.2, 0) is 16.0 Å². The van der Waals surface area contributed by atoms with Gasteiger partial charge in [0.1, 0.15) is 16.9 Å². The lowest BCUT2D eigenvalue weighted by Crippen LogP contribution is -2.19. The first-order valence-electron chi connectivity index (χ1n) is 10.5. The number of esters is 1. The number of amides is 1. The van der Waals surface area contributed by atoms with Crippen LogP contribution in [0, 0.1) is 10.1 Å². The molecular formula is C23H21N5O6. The van der Waals surface area contributed by atoms with Crippen LogP contribution < -0.4 is 5.32 Å². The number of rotatable bonds is 8. The minimum Gasteiger partial charge on any atom is -0.462 e. The minimum absolute atomic E-state index is 0.0463. The van der Waals surface area contributed by atoms with Crippen LogP contribution >= 0.6 is 0 Å². The highest BCUT2D eigenvalue weighted by atomic mass is 16.6. The molecule has 2 aromatic carbocycles. The highest BCUT2D eigenvalue weighted by molar-refractivity contribution is 6.13. The predicted molar refractivity (Wildman–Crippen MR) is 124 cm³/mol. The molecular weight excluding hydrogens is 442 g/mol. The van der Waals surface area contributed by atoms with Crippen LogP contribution in [0.4, 0.5) is 11.5 Å². The largest absolute Gasteiger partial charge is 0.462 e. The van der Waals surface area contributed by atoms with Gasteiger partial charge in [0.05, 0.1) is 29.2 Å². The standard InChI is InChI=1S/C23H21N5O6/c1-3-34-23(30)18-19-21(25-17-10-5-4-9-16(17)24-19)27(11-12-33-2)20(18)26-22(29)14-7-6-8-15(13-14)28(31)32/h4-10,13H,3,11-12H2,1-2H3,(H,26,29). The number of nitrogens with zero attached hydrogens (tertiary/aromatic N) is 4. The van der Waals surface area contributed by atoms with Crippen LogP contribution in [0.25, 0.3) is 22.2 Å². The van der Waals surface area contributed by atoms with Gasteiger partial charge in [-0.15, -0.1) is 0 Å². The Morgan fingerprint density at radius 3 is 2.53 bits per heavy atom. The average Bonchev–Trinajstić information content (AvgIpc) is 3.13.